The fourth-order valence-corrected chi connectivity index (χ4v) is 4.53. The van der Waals surface area contributed by atoms with Gasteiger partial charge in [-0.2, -0.15) is 0 Å². The van der Waals surface area contributed by atoms with Gasteiger partial charge in [0.1, 0.15) is 5.82 Å². The van der Waals surface area contributed by atoms with Crippen molar-refractivity contribution in [1.29, 1.82) is 0 Å². The van der Waals surface area contributed by atoms with Gasteiger partial charge >= 0.3 is 0 Å². The van der Waals surface area contributed by atoms with Crippen LogP contribution in [0.1, 0.15) is 35.4 Å². The van der Waals surface area contributed by atoms with Gasteiger partial charge in [-0.1, -0.05) is 18.6 Å². The Morgan fingerprint density at radius 2 is 1.81 bits per heavy atom. The highest BCUT2D eigenvalue weighted by molar-refractivity contribution is 7.89. The van der Waals surface area contributed by atoms with Crippen molar-refractivity contribution in [1.82, 2.24) is 19.1 Å². The van der Waals surface area contributed by atoms with Crippen molar-refractivity contribution in [3.63, 3.8) is 0 Å². The number of sulfonamides is 1. The van der Waals surface area contributed by atoms with Gasteiger partial charge in [0.25, 0.3) is 5.91 Å². The zero-order valence-corrected chi connectivity index (χ0v) is 18.4. The molecule has 8 nitrogen and oxygen atoms in total. The summed E-state index contributed by atoms with van der Waals surface area (Å²) in [5.41, 5.74) is 1.91. The van der Waals surface area contributed by atoms with Gasteiger partial charge in [-0.05, 0) is 49.2 Å². The SMILES string of the molecule is CN(C)S(=O)(=O)c1ccc(C(=O)Nc2cccc(-c3nnc4n3CCCCC4)c2)cc1. The molecule has 2 aromatic carbocycles. The first-order chi connectivity index (χ1) is 14.9. The van der Waals surface area contributed by atoms with Gasteiger partial charge in [0.2, 0.25) is 10.0 Å². The van der Waals surface area contributed by atoms with E-state index in [4.69, 9.17) is 0 Å². The summed E-state index contributed by atoms with van der Waals surface area (Å²) in [5, 5.41) is 11.6. The van der Waals surface area contributed by atoms with E-state index in [1.54, 1.807) is 0 Å². The number of rotatable bonds is 5. The minimum atomic E-state index is -3.53. The molecule has 3 aromatic rings. The number of aryl methyl sites for hydroxylation is 1. The number of hydrogen-bond donors (Lipinski definition) is 1. The summed E-state index contributed by atoms with van der Waals surface area (Å²) in [5.74, 6) is 1.51. The molecule has 4 rings (SSSR count). The van der Waals surface area contributed by atoms with Gasteiger partial charge < -0.3 is 9.88 Å². The first-order valence-corrected chi connectivity index (χ1v) is 11.7. The molecule has 31 heavy (non-hydrogen) atoms. The largest absolute Gasteiger partial charge is 0.322 e. The summed E-state index contributed by atoms with van der Waals surface area (Å²) in [6.45, 7) is 0.899. The second kappa shape index (κ2) is 8.60. The van der Waals surface area contributed by atoms with Crippen molar-refractivity contribution in [3.8, 4) is 11.4 Å². The minimum Gasteiger partial charge on any atom is -0.322 e. The van der Waals surface area contributed by atoms with Gasteiger partial charge in [0.05, 0.1) is 4.90 Å². The number of amides is 1. The number of carbonyl (C=O) groups excluding carboxylic acids is 1. The monoisotopic (exact) mass is 439 g/mol. The van der Waals surface area contributed by atoms with Crippen LogP contribution in [-0.2, 0) is 23.0 Å². The van der Waals surface area contributed by atoms with Gasteiger partial charge in [0, 0.05) is 43.9 Å². The summed E-state index contributed by atoms with van der Waals surface area (Å²) >= 11 is 0. The van der Waals surface area contributed by atoms with Gasteiger partial charge in [-0.3, -0.25) is 4.79 Å². The summed E-state index contributed by atoms with van der Waals surface area (Å²) in [6, 6.07) is 13.4. The molecule has 0 spiro atoms. The molecule has 0 unspecified atom stereocenters. The highest BCUT2D eigenvalue weighted by Crippen LogP contribution is 2.25. The molecule has 0 aliphatic carbocycles. The molecule has 0 bridgehead atoms. The second-order valence-corrected chi connectivity index (χ2v) is 9.90. The molecule has 0 fully saturated rings. The number of carbonyl (C=O) groups is 1. The third kappa shape index (κ3) is 4.38. The van der Waals surface area contributed by atoms with Gasteiger partial charge in [0.15, 0.2) is 5.82 Å². The van der Waals surface area contributed by atoms with E-state index >= 15 is 0 Å². The number of hydrogen-bond acceptors (Lipinski definition) is 5. The first-order valence-electron chi connectivity index (χ1n) is 10.2. The van der Waals surface area contributed by atoms with Crippen LogP contribution in [0.3, 0.4) is 0 Å². The topological polar surface area (TPSA) is 97.2 Å². The van der Waals surface area contributed by atoms with Crippen LogP contribution in [-0.4, -0.2) is 47.5 Å². The van der Waals surface area contributed by atoms with E-state index in [2.05, 4.69) is 20.1 Å². The molecule has 162 valence electrons. The van der Waals surface area contributed by atoms with E-state index in [-0.39, 0.29) is 10.8 Å². The highest BCUT2D eigenvalue weighted by atomic mass is 32.2. The number of nitrogens with zero attached hydrogens (tertiary/aromatic N) is 4. The van der Waals surface area contributed by atoms with Crippen molar-refractivity contribution in [3.05, 3.63) is 59.9 Å². The van der Waals surface area contributed by atoms with E-state index in [1.165, 1.54) is 44.8 Å². The van der Waals surface area contributed by atoms with Gasteiger partial charge in [-0.25, -0.2) is 12.7 Å². The number of anilines is 1. The zero-order valence-electron chi connectivity index (χ0n) is 17.6. The van der Waals surface area contributed by atoms with Crippen LogP contribution in [0.5, 0.6) is 0 Å². The molecule has 0 radical (unpaired) electrons. The molecule has 0 saturated heterocycles. The standard InChI is InChI=1S/C22H25N5O3S/c1-26(2)31(29,30)19-12-10-16(11-13-19)22(28)23-18-8-6-7-17(15-18)21-25-24-20-9-4-3-5-14-27(20)21/h6-8,10-13,15H,3-5,9,14H2,1-2H3,(H,23,28). The molecule has 1 amide bonds. The molecular weight excluding hydrogens is 414 g/mol. The molecular formula is C22H25N5O3S. The van der Waals surface area contributed by atoms with Crippen LogP contribution in [0.25, 0.3) is 11.4 Å². The Bertz CT molecular complexity index is 1200. The van der Waals surface area contributed by atoms with Crippen molar-refractivity contribution >= 4 is 21.6 Å². The maximum atomic E-state index is 12.7. The first kappa shape index (κ1) is 21.2. The Labute approximate surface area is 182 Å². The lowest BCUT2D eigenvalue weighted by Crippen LogP contribution is -2.22. The Morgan fingerprint density at radius 3 is 2.55 bits per heavy atom. The third-order valence-corrected chi connectivity index (χ3v) is 7.21. The van der Waals surface area contributed by atoms with Crippen LogP contribution in [0, 0.1) is 0 Å². The Kier molecular flexibility index (Phi) is 5.88. The average Bonchev–Trinajstić information content (AvgIpc) is 3.02. The van der Waals surface area contributed by atoms with Crippen LogP contribution >= 0.6 is 0 Å². The van der Waals surface area contributed by atoms with Crippen LogP contribution < -0.4 is 5.32 Å². The van der Waals surface area contributed by atoms with Gasteiger partial charge in [-0.15, -0.1) is 10.2 Å². The third-order valence-electron chi connectivity index (χ3n) is 5.38. The molecule has 9 heteroatoms. The van der Waals surface area contributed by atoms with E-state index in [0.29, 0.717) is 11.3 Å². The number of fused-ring (bicyclic) bond motifs is 1. The Morgan fingerprint density at radius 1 is 1.03 bits per heavy atom. The smallest absolute Gasteiger partial charge is 0.255 e. The zero-order chi connectivity index (χ0) is 22.0. The molecule has 1 aliphatic rings. The quantitative estimate of drug-likeness (QED) is 0.659. The lowest BCUT2D eigenvalue weighted by Gasteiger charge is -2.12. The van der Waals surface area contributed by atoms with Crippen LogP contribution in [0.4, 0.5) is 5.69 Å². The van der Waals surface area contributed by atoms with Crippen LogP contribution in [0.15, 0.2) is 53.4 Å². The molecule has 2 heterocycles. The number of nitrogens with one attached hydrogen (secondary N) is 1. The fraction of sp³-hybridized carbons (Fsp3) is 0.318. The van der Waals surface area contributed by atoms with E-state index < -0.39 is 10.0 Å². The molecule has 1 aliphatic heterocycles. The molecule has 1 N–H and O–H groups in total. The molecule has 1 aromatic heterocycles. The maximum absolute atomic E-state index is 12.7. The summed E-state index contributed by atoms with van der Waals surface area (Å²) in [7, 11) is -0.594. The summed E-state index contributed by atoms with van der Waals surface area (Å²) in [4.78, 5) is 12.8. The van der Waals surface area contributed by atoms with E-state index in [9.17, 15) is 13.2 Å². The summed E-state index contributed by atoms with van der Waals surface area (Å²) in [6.07, 6.45) is 4.35. The lowest BCUT2D eigenvalue weighted by molar-refractivity contribution is 0.102. The maximum Gasteiger partial charge on any atom is 0.255 e. The van der Waals surface area contributed by atoms with Crippen LogP contribution in [0.2, 0.25) is 0 Å². The highest BCUT2D eigenvalue weighted by Gasteiger charge is 2.18. The predicted octanol–water partition coefficient (Wildman–Crippen LogP) is 3.17. The fourth-order valence-electron chi connectivity index (χ4n) is 3.63. The van der Waals surface area contributed by atoms with Crippen molar-refractivity contribution in [2.75, 3.05) is 19.4 Å². The molecule has 0 saturated carbocycles. The second-order valence-electron chi connectivity index (χ2n) is 7.75. The Hall–Kier alpha value is -3.04. The van der Waals surface area contributed by atoms with E-state index in [1.807, 2.05) is 24.3 Å². The number of aromatic nitrogens is 3. The lowest BCUT2D eigenvalue weighted by atomic mass is 10.1. The predicted molar refractivity (Wildman–Crippen MR) is 118 cm³/mol. The van der Waals surface area contributed by atoms with Crippen molar-refractivity contribution < 1.29 is 13.2 Å². The molecule has 0 atom stereocenters. The van der Waals surface area contributed by atoms with Crippen molar-refractivity contribution in [2.45, 2.75) is 37.1 Å². The van der Waals surface area contributed by atoms with Crippen molar-refractivity contribution in [2.24, 2.45) is 0 Å². The summed E-state index contributed by atoms with van der Waals surface area (Å²) < 4.78 is 27.7. The normalized spacial score (nSPS) is 14.2. The van der Waals surface area contributed by atoms with E-state index in [0.717, 1.165) is 47.3 Å². The minimum absolute atomic E-state index is 0.142. The number of benzene rings is 2. The average molecular weight is 440 g/mol. The Balaban J connectivity index is 1.53.